The summed E-state index contributed by atoms with van der Waals surface area (Å²) in [6.07, 6.45) is 4.27. The van der Waals surface area contributed by atoms with Crippen molar-refractivity contribution in [2.45, 2.75) is 38.7 Å². The Morgan fingerprint density at radius 1 is 1.57 bits per heavy atom. The topological polar surface area (TPSA) is 46.5 Å². The molecule has 0 aromatic rings. The van der Waals surface area contributed by atoms with Gasteiger partial charge >= 0.3 is 5.97 Å². The van der Waals surface area contributed by atoms with Crippen molar-refractivity contribution in [3.8, 4) is 0 Å². The fourth-order valence-corrected chi connectivity index (χ4v) is 2.10. The molecule has 2 rings (SSSR count). The highest BCUT2D eigenvalue weighted by Crippen LogP contribution is 2.40. The van der Waals surface area contributed by atoms with E-state index in [4.69, 9.17) is 9.84 Å². The molecule has 1 atom stereocenters. The third-order valence-corrected chi connectivity index (χ3v) is 3.11. The Bertz CT molecular complexity index is 276. The molecule has 78 valence electrons. The van der Waals surface area contributed by atoms with Crippen LogP contribution in [0, 0.1) is 5.92 Å². The molecule has 3 nitrogen and oxygen atoms in total. The van der Waals surface area contributed by atoms with E-state index in [0.717, 1.165) is 12.0 Å². The van der Waals surface area contributed by atoms with Gasteiger partial charge in [0.05, 0.1) is 12.7 Å². The summed E-state index contributed by atoms with van der Waals surface area (Å²) in [4.78, 5) is 10.9. The van der Waals surface area contributed by atoms with Gasteiger partial charge in [0, 0.05) is 5.57 Å². The largest absolute Gasteiger partial charge is 0.478 e. The average Bonchev–Trinajstić information content (AvgIpc) is 2.88. The summed E-state index contributed by atoms with van der Waals surface area (Å²) in [5.41, 5.74) is 1.57. The number of carbonyl (C=O) groups is 1. The fourth-order valence-electron chi connectivity index (χ4n) is 2.10. The van der Waals surface area contributed by atoms with Crippen LogP contribution in [0.25, 0.3) is 0 Å². The lowest BCUT2D eigenvalue weighted by atomic mass is 10.0. The molecule has 0 spiro atoms. The lowest BCUT2D eigenvalue weighted by Crippen LogP contribution is -2.07. The molecule has 1 aliphatic heterocycles. The zero-order valence-corrected chi connectivity index (χ0v) is 8.45. The Hall–Kier alpha value is -0.830. The molecule has 0 bridgehead atoms. The maximum Gasteiger partial charge on any atom is 0.331 e. The highest BCUT2D eigenvalue weighted by Gasteiger charge is 2.36. The SMILES string of the molecule is CC/C(C(=O)O)=C1\COC(C2CC2)C1. The number of carboxylic acids is 1. The Balaban J connectivity index is 2.07. The molecule has 0 amide bonds. The highest BCUT2D eigenvalue weighted by molar-refractivity contribution is 5.87. The first-order valence-corrected chi connectivity index (χ1v) is 5.28. The quantitative estimate of drug-likeness (QED) is 0.702. The predicted octanol–water partition coefficient (Wildman–Crippen LogP) is 1.98. The zero-order chi connectivity index (χ0) is 10.1. The standard InChI is InChI=1S/C11H16O3/c1-2-9(11(12)13)8-5-10(14-6-8)7-3-4-7/h7,10H,2-6H2,1H3,(H,12,13)/b9-8+. The van der Waals surface area contributed by atoms with Crippen LogP contribution in [-0.2, 0) is 9.53 Å². The minimum absolute atomic E-state index is 0.311. The molecule has 1 saturated heterocycles. The van der Waals surface area contributed by atoms with Gasteiger partial charge in [0.15, 0.2) is 0 Å². The van der Waals surface area contributed by atoms with Crippen LogP contribution < -0.4 is 0 Å². The fraction of sp³-hybridized carbons (Fsp3) is 0.727. The molecule has 1 unspecified atom stereocenters. The zero-order valence-electron chi connectivity index (χ0n) is 8.45. The van der Waals surface area contributed by atoms with Crippen molar-refractivity contribution in [1.82, 2.24) is 0 Å². The predicted molar refractivity (Wildman–Crippen MR) is 52.0 cm³/mol. The van der Waals surface area contributed by atoms with Gasteiger partial charge in [-0.2, -0.15) is 0 Å². The molecule has 1 saturated carbocycles. The van der Waals surface area contributed by atoms with E-state index >= 15 is 0 Å². The van der Waals surface area contributed by atoms with Crippen molar-refractivity contribution in [2.75, 3.05) is 6.61 Å². The van der Waals surface area contributed by atoms with Gasteiger partial charge in [-0.05, 0) is 37.2 Å². The lowest BCUT2D eigenvalue weighted by Gasteiger charge is -2.04. The van der Waals surface area contributed by atoms with Crippen LogP contribution in [0.15, 0.2) is 11.1 Å². The average molecular weight is 196 g/mol. The third-order valence-electron chi connectivity index (χ3n) is 3.11. The Morgan fingerprint density at radius 3 is 2.79 bits per heavy atom. The molecule has 0 radical (unpaired) electrons. The van der Waals surface area contributed by atoms with Crippen LogP contribution >= 0.6 is 0 Å². The molecular formula is C11H16O3. The van der Waals surface area contributed by atoms with Gasteiger partial charge < -0.3 is 9.84 Å². The molecule has 1 N–H and O–H groups in total. The molecule has 2 fully saturated rings. The monoisotopic (exact) mass is 196 g/mol. The van der Waals surface area contributed by atoms with Crippen LogP contribution in [0.1, 0.15) is 32.6 Å². The van der Waals surface area contributed by atoms with Gasteiger partial charge in [-0.3, -0.25) is 0 Å². The van der Waals surface area contributed by atoms with Crippen molar-refractivity contribution in [1.29, 1.82) is 0 Å². The maximum absolute atomic E-state index is 10.9. The van der Waals surface area contributed by atoms with Crippen molar-refractivity contribution < 1.29 is 14.6 Å². The molecule has 1 aliphatic carbocycles. The molecule has 14 heavy (non-hydrogen) atoms. The summed E-state index contributed by atoms with van der Waals surface area (Å²) in [5.74, 6) is -0.0676. The van der Waals surface area contributed by atoms with Crippen molar-refractivity contribution in [3.63, 3.8) is 0 Å². The minimum atomic E-state index is -0.775. The Kier molecular flexibility index (Phi) is 2.59. The van der Waals surface area contributed by atoms with Crippen molar-refractivity contribution in [3.05, 3.63) is 11.1 Å². The van der Waals surface area contributed by atoms with E-state index in [1.807, 2.05) is 6.92 Å². The molecule has 0 aromatic heterocycles. The number of aliphatic carboxylic acids is 1. The van der Waals surface area contributed by atoms with Crippen LogP contribution in [-0.4, -0.2) is 23.8 Å². The maximum atomic E-state index is 10.9. The van der Waals surface area contributed by atoms with E-state index in [0.29, 0.717) is 30.6 Å². The van der Waals surface area contributed by atoms with Gasteiger partial charge in [0.25, 0.3) is 0 Å². The molecule has 1 heterocycles. The van der Waals surface area contributed by atoms with Gasteiger partial charge in [0.1, 0.15) is 0 Å². The second-order valence-electron chi connectivity index (χ2n) is 4.13. The van der Waals surface area contributed by atoms with Crippen LogP contribution in [0.3, 0.4) is 0 Å². The summed E-state index contributed by atoms with van der Waals surface area (Å²) in [5, 5.41) is 8.96. The molecule has 3 heteroatoms. The van der Waals surface area contributed by atoms with E-state index < -0.39 is 5.97 Å². The third kappa shape index (κ3) is 1.82. The summed E-state index contributed by atoms with van der Waals surface area (Å²) < 4.78 is 5.60. The number of hydrogen-bond acceptors (Lipinski definition) is 2. The second kappa shape index (κ2) is 3.73. The summed E-state index contributed by atoms with van der Waals surface area (Å²) in [7, 11) is 0. The summed E-state index contributed by atoms with van der Waals surface area (Å²) in [6.45, 7) is 2.43. The molecule has 2 aliphatic rings. The Morgan fingerprint density at radius 2 is 2.29 bits per heavy atom. The molecule has 0 aromatic carbocycles. The smallest absolute Gasteiger partial charge is 0.331 e. The van der Waals surface area contributed by atoms with E-state index in [9.17, 15) is 4.79 Å². The first kappa shape index (κ1) is 9.71. The van der Waals surface area contributed by atoms with Gasteiger partial charge in [-0.25, -0.2) is 4.79 Å². The Labute approximate surface area is 83.8 Å². The number of carboxylic acid groups (broad SMARTS) is 1. The minimum Gasteiger partial charge on any atom is -0.478 e. The van der Waals surface area contributed by atoms with E-state index in [2.05, 4.69) is 0 Å². The number of hydrogen-bond donors (Lipinski definition) is 1. The normalized spacial score (nSPS) is 30.5. The van der Waals surface area contributed by atoms with E-state index in [1.54, 1.807) is 0 Å². The van der Waals surface area contributed by atoms with Crippen LogP contribution in [0.5, 0.6) is 0 Å². The van der Waals surface area contributed by atoms with Crippen molar-refractivity contribution >= 4 is 5.97 Å². The number of ether oxygens (including phenoxy) is 1. The number of rotatable bonds is 3. The van der Waals surface area contributed by atoms with Gasteiger partial charge in [0.2, 0.25) is 0 Å². The first-order chi connectivity index (χ1) is 6.72. The summed E-state index contributed by atoms with van der Waals surface area (Å²) >= 11 is 0. The lowest BCUT2D eigenvalue weighted by molar-refractivity contribution is -0.132. The van der Waals surface area contributed by atoms with Crippen molar-refractivity contribution in [2.24, 2.45) is 5.92 Å². The second-order valence-corrected chi connectivity index (χ2v) is 4.13. The molecular weight excluding hydrogens is 180 g/mol. The van der Waals surface area contributed by atoms with Crippen LogP contribution in [0.4, 0.5) is 0 Å². The van der Waals surface area contributed by atoms with E-state index in [1.165, 1.54) is 12.8 Å². The highest BCUT2D eigenvalue weighted by atomic mass is 16.5. The van der Waals surface area contributed by atoms with Crippen LogP contribution in [0.2, 0.25) is 0 Å². The first-order valence-electron chi connectivity index (χ1n) is 5.28. The summed E-state index contributed by atoms with van der Waals surface area (Å²) in [6, 6.07) is 0. The van der Waals surface area contributed by atoms with Gasteiger partial charge in [-0.15, -0.1) is 0 Å². The van der Waals surface area contributed by atoms with E-state index in [-0.39, 0.29) is 0 Å². The van der Waals surface area contributed by atoms with Gasteiger partial charge in [-0.1, -0.05) is 6.92 Å².